The van der Waals surface area contributed by atoms with Crippen LogP contribution in [-0.4, -0.2) is 5.78 Å². The third-order valence-corrected chi connectivity index (χ3v) is 3.69. The Morgan fingerprint density at radius 3 is 2.39 bits per heavy atom. The van der Waals surface area contributed by atoms with Crippen molar-refractivity contribution in [1.82, 2.24) is 0 Å². The Kier molecular flexibility index (Phi) is 3.57. The second-order valence-corrected chi connectivity index (χ2v) is 4.66. The fraction of sp³-hybridized carbons (Fsp3) is 0.0714. The van der Waals surface area contributed by atoms with Gasteiger partial charge in [-0.1, -0.05) is 18.2 Å². The molecule has 2 aromatic rings. The van der Waals surface area contributed by atoms with Gasteiger partial charge in [0.05, 0.1) is 5.56 Å². The van der Waals surface area contributed by atoms with Crippen LogP contribution in [-0.2, 0) is 0 Å². The van der Waals surface area contributed by atoms with Gasteiger partial charge in [0.2, 0.25) is 0 Å². The molecule has 2 rings (SSSR count). The van der Waals surface area contributed by atoms with Gasteiger partial charge in [0.15, 0.2) is 17.4 Å². The van der Waals surface area contributed by atoms with Crippen LogP contribution < -0.4 is 0 Å². The average Bonchev–Trinajstić information content (AvgIpc) is 2.35. The third-order valence-electron chi connectivity index (χ3n) is 2.63. The van der Waals surface area contributed by atoms with Crippen LogP contribution >= 0.6 is 15.9 Å². The molecule has 0 amide bonds. The molecule has 0 unspecified atom stereocenters. The van der Waals surface area contributed by atoms with Crippen molar-refractivity contribution in [1.29, 1.82) is 0 Å². The molecule has 2 aromatic carbocycles. The molecule has 0 radical (unpaired) electrons. The highest BCUT2D eigenvalue weighted by atomic mass is 79.9. The van der Waals surface area contributed by atoms with E-state index in [0.29, 0.717) is 10.0 Å². The van der Waals surface area contributed by atoms with Gasteiger partial charge in [-0.25, -0.2) is 8.78 Å². The molecule has 4 heteroatoms. The number of halogens is 3. The minimum absolute atomic E-state index is 0.263. The van der Waals surface area contributed by atoms with Gasteiger partial charge in [0, 0.05) is 10.0 Å². The van der Waals surface area contributed by atoms with E-state index in [2.05, 4.69) is 15.9 Å². The highest BCUT2D eigenvalue weighted by molar-refractivity contribution is 9.10. The van der Waals surface area contributed by atoms with E-state index in [0.717, 1.165) is 11.6 Å². The summed E-state index contributed by atoms with van der Waals surface area (Å²) in [5, 5.41) is 0. The maximum absolute atomic E-state index is 13.6. The molecule has 0 N–H and O–H groups in total. The first-order valence-electron chi connectivity index (χ1n) is 5.26. The van der Waals surface area contributed by atoms with Crippen LogP contribution in [0.25, 0.3) is 0 Å². The van der Waals surface area contributed by atoms with E-state index in [9.17, 15) is 13.6 Å². The molecular formula is C14H9BrF2O. The molecule has 0 spiro atoms. The van der Waals surface area contributed by atoms with Crippen molar-refractivity contribution in [3.8, 4) is 0 Å². The second kappa shape index (κ2) is 4.98. The summed E-state index contributed by atoms with van der Waals surface area (Å²) in [5.41, 5.74) is 0.915. The molecule has 0 aliphatic rings. The van der Waals surface area contributed by atoms with Crippen LogP contribution in [0, 0.1) is 18.6 Å². The highest BCUT2D eigenvalue weighted by Crippen LogP contribution is 2.25. The fourth-order valence-corrected chi connectivity index (χ4v) is 2.09. The number of benzene rings is 2. The topological polar surface area (TPSA) is 17.1 Å². The van der Waals surface area contributed by atoms with E-state index in [1.807, 2.05) is 13.0 Å². The number of hydrogen-bond donors (Lipinski definition) is 0. The minimum Gasteiger partial charge on any atom is -0.288 e. The largest absolute Gasteiger partial charge is 0.288 e. The Hall–Kier alpha value is -1.55. The first-order chi connectivity index (χ1) is 8.52. The normalized spacial score (nSPS) is 10.4. The number of aryl methyl sites for hydroxylation is 1. The van der Waals surface area contributed by atoms with Crippen LogP contribution in [0.5, 0.6) is 0 Å². The molecule has 0 aromatic heterocycles. The van der Waals surface area contributed by atoms with Crippen LogP contribution in [0.2, 0.25) is 0 Å². The summed E-state index contributed by atoms with van der Waals surface area (Å²) < 4.78 is 27.3. The molecule has 0 aliphatic carbocycles. The van der Waals surface area contributed by atoms with Crippen molar-refractivity contribution >= 4 is 21.7 Å². The Labute approximate surface area is 112 Å². The number of carbonyl (C=O) groups excluding carboxylic acids is 1. The summed E-state index contributed by atoms with van der Waals surface area (Å²) in [6, 6.07) is 8.67. The first-order valence-corrected chi connectivity index (χ1v) is 6.05. The second-order valence-electron chi connectivity index (χ2n) is 3.87. The van der Waals surface area contributed by atoms with E-state index in [1.54, 1.807) is 12.1 Å². The average molecular weight is 311 g/mol. The van der Waals surface area contributed by atoms with Gasteiger partial charge in [-0.2, -0.15) is 0 Å². The van der Waals surface area contributed by atoms with Gasteiger partial charge < -0.3 is 0 Å². The summed E-state index contributed by atoms with van der Waals surface area (Å²) in [4.78, 5) is 12.2. The van der Waals surface area contributed by atoms with E-state index >= 15 is 0 Å². The predicted molar refractivity (Wildman–Crippen MR) is 68.7 cm³/mol. The SMILES string of the molecule is Cc1cccc(C(=O)c2cccc(F)c2F)c1Br. The zero-order valence-corrected chi connectivity index (χ0v) is 11.1. The number of rotatable bonds is 2. The molecule has 92 valence electrons. The number of ketones is 1. The standard InChI is InChI=1S/C14H9BrF2O/c1-8-4-2-5-9(12(8)15)14(18)10-6-3-7-11(16)13(10)17/h2-7H,1H3. The molecule has 0 aliphatic heterocycles. The van der Waals surface area contributed by atoms with E-state index in [4.69, 9.17) is 0 Å². The summed E-state index contributed by atoms with van der Waals surface area (Å²) in [5.74, 6) is -2.68. The van der Waals surface area contributed by atoms with Crippen molar-refractivity contribution in [2.45, 2.75) is 6.92 Å². The van der Waals surface area contributed by atoms with Gasteiger partial charge in [0.1, 0.15) is 0 Å². The monoisotopic (exact) mass is 310 g/mol. The number of carbonyl (C=O) groups is 1. The van der Waals surface area contributed by atoms with E-state index in [1.165, 1.54) is 12.1 Å². The maximum atomic E-state index is 13.6. The van der Waals surface area contributed by atoms with E-state index < -0.39 is 17.4 Å². The molecular weight excluding hydrogens is 302 g/mol. The summed E-state index contributed by atoms with van der Waals surface area (Å²) in [7, 11) is 0. The van der Waals surface area contributed by atoms with Crippen LogP contribution in [0.4, 0.5) is 8.78 Å². The molecule has 0 fully saturated rings. The smallest absolute Gasteiger partial charge is 0.197 e. The molecule has 1 nitrogen and oxygen atoms in total. The van der Waals surface area contributed by atoms with Crippen LogP contribution in [0.3, 0.4) is 0 Å². The van der Waals surface area contributed by atoms with Crippen molar-refractivity contribution in [3.63, 3.8) is 0 Å². The molecule has 0 saturated carbocycles. The Balaban J connectivity index is 2.55. The lowest BCUT2D eigenvalue weighted by atomic mass is 10.0. The lowest BCUT2D eigenvalue weighted by molar-refractivity contribution is 0.103. The Morgan fingerprint density at radius 2 is 1.67 bits per heavy atom. The zero-order valence-electron chi connectivity index (χ0n) is 9.51. The summed E-state index contributed by atoms with van der Waals surface area (Å²) in [6.07, 6.45) is 0. The van der Waals surface area contributed by atoms with Crippen LogP contribution in [0.15, 0.2) is 40.9 Å². The van der Waals surface area contributed by atoms with Gasteiger partial charge in [-0.3, -0.25) is 4.79 Å². The van der Waals surface area contributed by atoms with Gasteiger partial charge in [-0.05, 0) is 46.6 Å². The highest BCUT2D eigenvalue weighted by Gasteiger charge is 2.19. The molecule has 18 heavy (non-hydrogen) atoms. The summed E-state index contributed by atoms with van der Waals surface area (Å²) >= 11 is 3.28. The maximum Gasteiger partial charge on any atom is 0.197 e. The number of hydrogen-bond acceptors (Lipinski definition) is 1. The van der Waals surface area contributed by atoms with Crippen molar-refractivity contribution in [2.24, 2.45) is 0 Å². The van der Waals surface area contributed by atoms with Gasteiger partial charge in [0.25, 0.3) is 0 Å². The van der Waals surface area contributed by atoms with E-state index in [-0.39, 0.29) is 5.56 Å². The Bertz CT molecular complexity index is 570. The third kappa shape index (κ3) is 2.20. The minimum atomic E-state index is -1.11. The summed E-state index contributed by atoms with van der Waals surface area (Å²) in [6.45, 7) is 1.82. The van der Waals surface area contributed by atoms with Gasteiger partial charge in [-0.15, -0.1) is 0 Å². The van der Waals surface area contributed by atoms with Gasteiger partial charge >= 0.3 is 0 Å². The predicted octanol–water partition coefficient (Wildman–Crippen LogP) is 4.27. The Morgan fingerprint density at radius 1 is 1.06 bits per heavy atom. The van der Waals surface area contributed by atoms with Crippen molar-refractivity contribution < 1.29 is 13.6 Å². The molecule has 0 bridgehead atoms. The van der Waals surface area contributed by atoms with Crippen molar-refractivity contribution in [2.75, 3.05) is 0 Å². The van der Waals surface area contributed by atoms with Crippen molar-refractivity contribution in [3.05, 3.63) is 69.2 Å². The molecule has 0 heterocycles. The quantitative estimate of drug-likeness (QED) is 0.757. The molecule has 0 saturated heterocycles. The first kappa shape index (κ1) is 12.9. The lowest BCUT2D eigenvalue weighted by Gasteiger charge is -2.07. The fourth-order valence-electron chi connectivity index (χ4n) is 1.65. The zero-order chi connectivity index (χ0) is 13.3. The molecule has 0 atom stereocenters. The van der Waals surface area contributed by atoms with Crippen LogP contribution in [0.1, 0.15) is 21.5 Å². The lowest BCUT2D eigenvalue weighted by Crippen LogP contribution is -2.07.